The van der Waals surface area contributed by atoms with E-state index in [1.165, 1.54) is 0 Å². The average molecular weight is 258 g/mol. The Kier molecular flexibility index (Phi) is 4.95. The second-order valence-corrected chi connectivity index (χ2v) is 4.64. The van der Waals surface area contributed by atoms with E-state index >= 15 is 0 Å². The molecule has 2 N–H and O–H groups in total. The summed E-state index contributed by atoms with van der Waals surface area (Å²) in [5, 5.41) is 11.9. The standard InChI is InChI=1S/C12H22N2O4/c1-4-12(5-2,10(15)16)13-11(17)14-6-7-18-8-9(14)3/h9H,4-8H2,1-3H3,(H,13,17)(H,15,16). The quantitative estimate of drug-likeness (QED) is 0.790. The van der Waals surface area contributed by atoms with Gasteiger partial charge in [0.25, 0.3) is 0 Å². The van der Waals surface area contributed by atoms with Gasteiger partial charge >= 0.3 is 12.0 Å². The van der Waals surface area contributed by atoms with Gasteiger partial charge in [0, 0.05) is 6.54 Å². The lowest BCUT2D eigenvalue weighted by atomic mass is 9.93. The van der Waals surface area contributed by atoms with Crippen LogP contribution in [-0.4, -0.2) is 53.3 Å². The molecule has 1 aliphatic rings. The minimum absolute atomic E-state index is 0.0287. The van der Waals surface area contributed by atoms with Crippen LogP contribution < -0.4 is 5.32 Å². The molecule has 0 aromatic carbocycles. The molecule has 0 saturated carbocycles. The third-order valence-electron chi connectivity index (χ3n) is 3.59. The second-order valence-electron chi connectivity index (χ2n) is 4.64. The maximum Gasteiger partial charge on any atom is 0.329 e. The van der Waals surface area contributed by atoms with Crippen molar-refractivity contribution in [1.82, 2.24) is 10.2 Å². The smallest absolute Gasteiger partial charge is 0.329 e. The van der Waals surface area contributed by atoms with Crippen molar-refractivity contribution >= 4 is 12.0 Å². The van der Waals surface area contributed by atoms with Crippen LogP contribution in [0.15, 0.2) is 0 Å². The first-order chi connectivity index (χ1) is 8.46. The molecule has 0 aliphatic carbocycles. The Bertz CT molecular complexity index is 315. The first-order valence-corrected chi connectivity index (χ1v) is 6.36. The zero-order chi connectivity index (χ0) is 13.8. The van der Waals surface area contributed by atoms with E-state index in [1.54, 1.807) is 18.7 Å². The van der Waals surface area contributed by atoms with E-state index in [0.717, 1.165) is 0 Å². The van der Waals surface area contributed by atoms with Crippen LogP contribution in [0.5, 0.6) is 0 Å². The van der Waals surface area contributed by atoms with Crippen LogP contribution >= 0.6 is 0 Å². The lowest BCUT2D eigenvalue weighted by molar-refractivity contribution is -0.144. The van der Waals surface area contributed by atoms with Crippen LogP contribution in [0.25, 0.3) is 0 Å². The molecule has 0 aromatic heterocycles. The van der Waals surface area contributed by atoms with E-state index in [4.69, 9.17) is 4.74 Å². The first-order valence-electron chi connectivity index (χ1n) is 6.36. The summed E-state index contributed by atoms with van der Waals surface area (Å²) in [5.41, 5.74) is -1.17. The van der Waals surface area contributed by atoms with Gasteiger partial charge in [-0.2, -0.15) is 0 Å². The van der Waals surface area contributed by atoms with Gasteiger partial charge in [0.15, 0.2) is 0 Å². The van der Waals surface area contributed by atoms with Gasteiger partial charge in [0.2, 0.25) is 0 Å². The highest BCUT2D eigenvalue weighted by molar-refractivity contribution is 5.86. The molecule has 1 aliphatic heterocycles. The van der Waals surface area contributed by atoms with Crippen molar-refractivity contribution in [2.24, 2.45) is 0 Å². The molecule has 0 aromatic rings. The molecule has 104 valence electrons. The maximum atomic E-state index is 12.1. The predicted octanol–water partition coefficient (Wildman–Crippen LogP) is 1.06. The minimum Gasteiger partial charge on any atom is -0.480 e. The van der Waals surface area contributed by atoms with Crippen LogP contribution in [0, 0.1) is 0 Å². The molecule has 1 fully saturated rings. The molecule has 6 heteroatoms. The number of urea groups is 1. The number of hydrogen-bond donors (Lipinski definition) is 2. The SMILES string of the molecule is CCC(CC)(NC(=O)N1CCOCC1C)C(=O)O. The number of nitrogens with one attached hydrogen (secondary N) is 1. The number of carboxylic acid groups (broad SMARTS) is 1. The number of hydrogen-bond acceptors (Lipinski definition) is 3. The number of carbonyl (C=O) groups excluding carboxylic acids is 1. The normalized spacial score (nSPS) is 20.6. The minimum atomic E-state index is -1.17. The van der Waals surface area contributed by atoms with Crippen molar-refractivity contribution in [2.45, 2.75) is 45.2 Å². The fourth-order valence-electron chi connectivity index (χ4n) is 2.09. The van der Waals surface area contributed by atoms with Gasteiger partial charge in [0.1, 0.15) is 5.54 Å². The maximum absolute atomic E-state index is 12.1. The van der Waals surface area contributed by atoms with E-state index in [2.05, 4.69) is 5.32 Å². The molecule has 0 radical (unpaired) electrons. The number of rotatable bonds is 4. The Labute approximate surface area is 107 Å². The van der Waals surface area contributed by atoms with Gasteiger partial charge in [0.05, 0.1) is 19.3 Å². The Balaban J connectivity index is 2.75. The van der Waals surface area contributed by atoms with E-state index < -0.39 is 11.5 Å². The van der Waals surface area contributed by atoms with Crippen molar-refractivity contribution in [1.29, 1.82) is 0 Å². The molecule has 2 amide bonds. The van der Waals surface area contributed by atoms with Crippen molar-refractivity contribution in [3.8, 4) is 0 Å². The Morgan fingerprint density at radius 1 is 1.44 bits per heavy atom. The largest absolute Gasteiger partial charge is 0.480 e. The van der Waals surface area contributed by atoms with E-state index in [-0.39, 0.29) is 12.1 Å². The molecule has 1 unspecified atom stereocenters. The highest BCUT2D eigenvalue weighted by Gasteiger charge is 2.38. The van der Waals surface area contributed by atoms with Crippen molar-refractivity contribution in [3.05, 3.63) is 0 Å². The summed E-state index contributed by atoms with van der Waals surface area (Å²) in [5.74, 6) is -0.984. The summed E-state index contributed by atoms with van der Waals surface area (Å²) in [7, 11) is 0. The lowest BCUT2D eigenvalue weighted by Gasteiger charge is -2.37. The van der Waals surface area contributed by atoms with Crippen LogP contribution in [0.2, 0.25) is 0 Å². The zero-order valence-electron chi connectivity index (χ0n) is 11.2. The van der Waals surface area contributed by atoms with Crippen LogP contribution in [0.1, 0.15) is 33.6 Å². The topological polar surface area (TPSA) is 78.9 Å². The lowest BCUT2D eigenvalue weighted by Crippen LogP contribution is -2.60. The molecular weight excluding hydrogens is 236 g/mol. The number of nitrogens with zero attached hydrogens (tertiary/aromatic N) is 1. The third-order valence-corrected chi connectivity index (χ3v) is 3.59. The zero-order valence-corrected chi connectivity index (χ0v) is 11.2. The van der Waals surface area contributed by atoms with Gasteiger partial charge < -0.3 is 20.1 Å². The fraction of sp³-hybridized carbons (Fsp3) is 0.833. The van der Waals surface area contributed by atoms with Crippen LogP contribution in [0.3, 0.4) is 0 Å². The molecule has 1 atom stereocenters. The number of carbonyl (C=O) groups is 2. The summed E-state index contributed by atoms with van der Waals surface area (Å²) in [6.45, 7) is 6.90. The van der Waals surface area contributed by atoms with Gasteiger partial charge in [-0.3, -0.25) is 0 Å². The predicted molar refractivity (Wildman–Crippen MR) is 66.5 cm³/mol. The Morgan fingerprint density at radius 2 is 2.06 bits per heavy atom. The molecule has 0 spiro atoms. The number of carboxylic acids is 1. The number of aliphatic carboxylic acids is 1. The van der Waals surface area contributed by atoms with Crippen molar-refractivity contribution in [2.75, 3.05) is 19.8 Å². The van der Waals surface area contributed by atoms with Gasteiger partial charge in [-0.05, 0) is 19.8 Å². The Morgan fingerprint density at radius 3 is 2.50 bits per heavy atom. The van der Waals surface area contributed by atoms with E-state index in [0.29, 0.717) is 32.6 Å². The molecule has 6 nitrogen and oxygen atoms in total. The van der Waals surface area contributed by atoms with Crippen molar-refractivity contribution in [3.63, 3.8) is 0 Å². The number of ether oxygens (including phenoxy) is 1. The number of morpholine rings is 1. The van der Waals surface area contributed by atoms with E-state index in [9.17, 15) is 14.7 Å². The Hall–Kier alpha value is -1.30. The monoisotopic (exact) mass is 258 g/mol. The van der Waals surface area contributed by atoms with E-state index in [1.807, 2.05) is 6.92 Å². The average Bonchev–Trinajstić information content (AvgIpc) is 2.36. The van der Waals surface area contributed by atoms with Crippen molar-refractivity contribution < 1.29 is 19.4 Å². The molecule has 1 heterocycles. The summed E-state index contributed by atoms with van der Waals surface area (Å²) in [6.07, 6.45) is 0.729. The summed E-state index contributed by atoms with van der Waals surface area (Å²) < 4.78 is 5.25. The second kappa shape index (κ2) is 6.04. The first kappa shape index (κ1) is 14.8. The summed E-state index contributed by atoms with van der Waals surface area (Å²) >= 11 is 0. The molecular formula is C12H22N2O4. The molecule has 0 bridgehead atoms. The van der Waals surface area contributed by atoms with Crippen LogP contribution in [-0.2, 0) is 9.53 Å². The van der Waals surface area contributed by atoms with Crippen LogP contribution in [0.4, 0.5) is 4.79 Å². The molecule has 18 heavy (non-hydrogen) atoms. The van der Waals surface area contributed by atoms with Gasteiger partial charge in [-0.25, -0.2) is 9.59 Å². The highest BCUT2D eigenvalue weighted by Crippen LogP contribution is 2.17. The fourth-order valence-corrected chi connectivity index (χ4v) is 2.09. The highest BCUT2D eigenvalue weighted by atomic mass is 16.5. The van der Waals surface area contributed by atoms with Gasteiger partial charge in [-0.15, -0.1) is 0 Å². The molecule has 1 rings (SSSR count). The third kappa shape index (κ3) is 2.93. The molecule has 1 saturated heterocycles. The number of amides is 2. The van der Waals surface area contributed by atoms with Gasteiger partial charge in [-0.1, -0.05) is 13.8 Å². The summed E-state index contributed by atoms with van der Waals surface area (Å²) in [6, 6.07) is -0.351. The summed E-state index contributed by atoms with van der Waals surface area (Å²) in [4.78, 5) is 25.1.